The summed E-state index contributed by atoms with van der Waals surface area (Å²) in [5.41, 5.74) is 2.71. The molecular formula is C17H14BrN3O3S. The summed E-state index contributed by atoms with van der Waals surface area (Å²) in [6.07, 6.45) is -0.811. The SMILES string of the molecule is CC(Oc1ccc(Br)cc1)C(=O)Nn1c(=S)[nH]c2ccccc2c1=O. The number of carbonyl (C=O) groups is 1. The molecule has 0 saturated heterocycles. The molecule has 1 heterocycles. The number of ether oxygens (including phenoxy) is 1. The first kappa shape index (κ1) is 17.4. The Balaban J connectivity index is 1.83. The molecule has 0 bridgehead atoms. The van der Waals surface area contributed by atoms with Gasteiger partial charge < -0.3 is 9.72 Å². The number of halogens is 1. The van der Waals surface area contributed by atoms with E-state index in [0.717, 1.165) is 9.15 Å². The summed E-state index contributed by atoms with van der Waals surface area (Å²) in [6.45, 7) is 1.59. The average molecular weight is 420 g/mol. The molecule has 0 radical (unpaired) electrons. The Kier molecular flexibility index (Phi) is 5.00. The number of fused-ring (bicyclic) bond motifs is 1. The molecule has 1 atom stereocenters. The smallest absolute Gasteiger partial charge is 0.281 e. The number of nitrogens with zero attached hydrogens (tertiary/aromatic N) is 1. The normalized spacial score (nSPS) is 11.9. The van der Waals surface area contributed by atoms with E-state index in [9.17, 15) is 9.59 Å². The predicted octanol–water partition coefficient (Wildman–Crippen LogP) is 3.36. The van der Waals surface area contributed by atoms with Gasteiger partial charge in [0.2, 0.25) is 0 Å². The lowest BCUT2D eigenvalue weighted by Crippen LogP contribution is -2.40. The second kappa shape index (κ2) is 7.20. The highest BCUT2D eigenvalue weighted by molar-refractivity contribution is 9.10. The van der Waals surface area contributed by atoms with Crippen LogP contribution in [0.2, 0.25) is 0 Å². The van der Waals surface area contributed by atoms with Gasteiger partial charge in [-0.15, -0.1) is 0 Å². The van der Waals surface area contributed by atoms with Crippen molar-refractivity contribution in [1.82, 2.24) is 9.66 Å². The molecule has 0 spiro atoms. The Bertz CT molecular complexity index is 1040. The topological polar surface area (TPSA) is 76.1 Å². The second-order valence-electron chi connectivity index (χ2n) is 5.31. The van der Waals surface area contributed by atoms with Crippen LogP contribution < -0.4 is 15.7 Å². The molecule has 0 fully saturated rings. The molecule has 1 unspecified atom stereocenters. The molecule has 128 valence electrons. The van der Waals surface area contributed by atoms with Gasteiger partial charge in [0.25, 0.3) is 11.5 Å². The highest BCUT2D eigenvalue weighted by Crippen LogP contribution is 2.17. The van der Waals surface area contributed by atoms with Crippen molar-refractivity contribution in [3.8, 4) is 5.75 Å². The largest absolute Gasteiger partial charge is 0.481 e. The molecule has 0 saturated carbocycles. The molecule has 2 N–H and O–H groups in total. The summed E-state index contributed by atoms with van der Waals surface area (Å²) in [7, 11) is 0. The van der Waals surface area contributed by atoms with Gasteiger partial charge in [-0.2, -0.15) is 4.68 Å². The standard InChI is InChI=1S/C17H14BrN3O3S/c1-10(24-12-8-6-11(18)7-9-12)15(22)20-21-16(23)13-4-2-3-5-14(13)19-17(21)25/h2-10H,1H3,(H,19,25)(H,20,22). The molecule has 2 aromatic carbocycles. The van der Waals surface area contributed by atoms with Crippen LogP contribution in [-0.2, 0) is 4.79 Å². The molecule has 8 heteroatoms. The summed E-state index contributed by atoms with van der Waals surface area (Å²) in [5.74, 6) is 0.0571. The monoisotopic (exact) mass is 419 g/mol. The number of nitrogens with one attached hydrogen (secondary N) is 2. The van der Waals surface area contributed by atoms with E-state index in [1.54, 1.807) is 43.3 Å². The Morgan fingerprint density at radius 3 is 2.64 bits per heavy atom. The number of hydrogen-bond donors (Lipinski definition) is 2. The summed E-state index contributed by atoms with van der Waals surface area (Å²) in [4.78, 5) is 27.8. The zero-order valence-electron chi connectivity index (χ0n) is 13.2. The molecule has 6 nitrogen and oxygen atoms in total. The zero-order valence-corrected chi connectivity index (χ0v) is 15.6. The van der Waals surface area contributed by atoms with Gasteiger partial charge in [0.1, 0.15) is 5.75 Å². The van der Waals surface area contributed by atoms with E-state index in [4.69, 9.17) is 17.0 Å². The van der Waals surface area contributed by atoms with Crippen LogP contribution in [-0.4, -0.2) is 21.7 Å². The van der Waals surface area contributed by atoms with Gasteiger partial charge in [0, 0.05) is 4.47 Å². The van der Waals surface area contributed by atoms with Crippen LogP contribution in [0, 0.1) is 4.77 Å². The van der Waals surface area contributed by atoms with Crippen LogP contribution >= 0.6 is 28.1 Å². The van der Waals surface area contributed by atoms with Crippen molar-refractivity contribution >= 4 is 45.0 Å². The Morgan fingerprint density at radius 2 is 1.92 bits per heavy atom. The quantitative estimate of drug-likeness (QED) is 0.635. The number of benzene rings is 2. The third-order valence-electron chi connectivity index (χ3n) is 3.52. The molecule has 3 aromatic rings. The lowest BCUT2D eigenvalue weighted by atomic mass is 10.2. The van der Waals surface area contributed by atoms with E-state index in [1.165, 1.54) is 0 Å². The van der Waals surface area contributed by atoms with Crippen molar-refractivity contribution < 1.29 is 9.53 Å². The predicted molar refractivity (Wildman–Crippen MR) is 102 cm³/mol. The summed E-state index contributed by atoms with van der Waals surface area (Å²) < 4.78 is 7.61. The van der Waals surface area contributed by atoms with E-state index >= 15 is 0 Å². The molecule has 0 aliphatic carbocycles. The van der Waals surface area contributed by atoms with Gasteiger partial charge in [0.15, 0.2) is 10.9 Å². The van der Waals surface area contributed by atoms with Crippen molar-refractivity contribution in [2.45, 2.75) is 13.0 Å². The first-order chi connectivity index (χ1) is 12.0. The highest BCUT2D eigenvalue weighted by Gasteiger charge is 2.17. The second-order valence-corrected chi connectivity index (χ2v) is 6.61. The van der Waals surface area contributed by atoms with Crippen molar-refractivity contribution in [2.75, 3.05) is 5.43 Å². The minimum absolute atomic E-state index is 0.105. The lowest BCUT2D eigenvalue weighted by molar-refractivity contribution is -0.123. The maximum atomic E-state index is 12.5. The third kappa shape index (κ3) is 3.80. The maximum absolute atomic E-state index is 12.5. The average Bonchev–Trinajstić information content (AvgIpc) is 2.60. The van der Waals surface area contributed by atoms with Crippen LogP contribution in [0.5, 0.6) is 5.75 Å². The summed E-state index contributed by atoms with van der Waals surface area (Å²) in [5, 5.41) is 0.429. The maximum Gasteiger partial charge on any atom is 0.281 e. The van der Waals surface area contributed by atoms with Crippen LogP contribution in [0.3, 0.4) is 0 Å². The fourth-order valence-corrected chi connectivity index (χ4v) is 2.74. The van der Waals surface area contributed by atoms with Gasteiger partial charge >= 0.3 is 0 Å². The minimum atomic E-state index is -0.811. The number of carbonyl (C=O) groups excluding carboxylic acids is 1. The summed E-state index contributed by atoms with van der Waals surface area (Å²) in [6, 6.07) is 14.0. The van der Waals surface area contributed by atoms with Crippen LogP contribution in [0.1, 0.15) is 6.92 Å². The number of para-hydroxylation sites is 1. The molecule has 0 aliphatic heterocycles. The van der Waals surface area contributed by atoms with Gasteiger partial charge in [-0.25, -0.2) is 0 Å². The van der Waals surface area contributed by atoms with Crippen LogP contribution in [0.15, 0.2) is 57.8 Å². The lowest BCUT2D eigenvalue weighted by Gasteiger charge is -2.16. The molecule has 1 amide bonds. The van der Waals surface area contributed by atoms with Crippen molar-refractivity contribution in [2.24, 2.45) is 0 Å². The number of rotatable bonds is 4. The van der Waals surface area contributed by atoms with Gasteiger partial charge in [-0.3, -0.25) is 15.0 Å². The molecule has 1 aromatic heterocycles. The van der Waals surface area contributed by atoms with Crippen molar-refractivity contribution in [3.05, 3.63) is 68.1 Å². The number of aromatic amines is 1. The number of aromatic nitrogens is 2. The highest BCUT2D eigenvalue weighted by atomic mass is 79.9. The summed E-state index contributed by atoms with van der Waals surface area (Å²) >= 11 is 8.50. The Labute approximate surface area is 156 Å². The fourth-order valence-electron chi connectivity index (χ4n) is 2.24. The minimum Gasteiger partial charge on any atom is -0.481 e. The van der Waals surface area contributed by atoms with Crippen molar-refractivity contribution in [1.29, 1.82) is 0 Å². The number of H-pyrrole nitrogens is 1. The van der Waals surface area contributed by atoms with Crippen molar-refractivity contribution in [3.63, 3.8) is 0 Å². The molecule has 3 rings (SSSR count). The van der Waals surface area contributed by atoms with Gasteiger partial charge in [-0.1, -0.05) is 28.1 Å². The van der Waals surface area contributed by atoms with E-state index in [-0.39, 0.29) is 4.77 Å². The van der Waals surface area contributed by atoms with E-state index < -0.39 is 17.6 Å². The van der Waals surface area contributed by atoms with Gasteiger partial charge in [-0.05, 0) is 55.5 Å². The molecule has 0 aliphatic rings. The van der Waals surface area contributed by atoms with E-state index in [1.807, 2.05) is 12.1 Å². The molecular weight excluding hydrogens is 406 g/mol. The van der Waals surface area contributed by atoms with Crippen LogP contribution in [0.4, 0.5) is 0 Å². The first-order valence-electron chi connectivity index (χ1n) is 7.43. The first-order valence-corrected chi connectivity index (χ1v) is 8.63. The third-order valence-corrected chi connectivity index (χ3v) is 4.34. The van der Waals surface area contributed by atoms with Gasteiger partial charge in [0.05, 0.1) is 10.9 Å². The van der Waals surface area contributed by atoms with E-state index in [0.29, 0.717) is 16.7 Å². The number of hydrogen-bond acceptors (Lipinski definition) is 4. The van der Waals surface area contributed by atoms with E-state index in [2.05, 4.69) is 26.3 Å². The Hall–Kier alpha value is -2.45. The zero-order chi connectivity index (χ0) is 18.0. The van der Waals surface area contributed by atoms with Crippen LogP contribution in [0.25, 0.3) is 10.9 Å². The Morgan fingerprint density at radius 1 is 1.24 bits per heavy atom. The molecule has 25 heavy (non-hydrogen) atoms. The fraction of sp³-hybridized carbons (Fsp3) is 0.118. The number of amides is 1.